The van der Waals surface area contributed by atoms with E-state index in [4.69, 9.17) is 0 Å². The van der Waals surface area contributed by atoms with Crippen LogP contribution >= 0.6 is 0 Å². The van der Waals surface area contributed by atoms with Gasteiger partial charge in [-0.15, -0.1) is 0 Å². The normalized spacial score (nSPS) is 42.1. The van der Waals surface area contributed by atoms with Crippen LogP contribution in [-0.4, -0.2) is 22.8 Å². The summed E-state index contributed by atoms with van der Waals surface area (Å²) >= 11 is 0. The number of likely N-dealkylation sites (tertiary alicyclic amines) is 1. The topological polar surface area (TPSA) is 37.4 Å². The molecule has 3 saturated carbocycles. The molecule has 2 amide bonds. The molecule has 4 fully saturated rings. The third-order valence-corrected chi connectivity index (χ3v) is 4.78. The first-order chi connectivity index (χ1) is 7.61. The molecule has 0 aromatic rings. The average Bonchev–Trinajstić information content (AvgIpc) is 2.55. The van der Waals surface area contributed by atoms with E-state index in [-0.39, 0.29) is 29.7 Å². The van der Waals surface area contributed by atoms with Crippen molar-refractivity contribution in [3.8, 4) is 0 Å². The Morgan fingerprint density at radius 2 is 1.31 bits per heavy atom. The van der Waals surface area contributed by atoms with Crippen LogP contribution in [0.25, 0.3) is 0 Å². The molecule has 2 bridgehead atoms. The maximum Gasteiger partial charge on any atom is 0.233 e. The van der Waals surface area contributed by atoms with Crippen LogP contribution in [-0.2, 0) is 9.59 Å². The van der Waals surface area contributed by atoms with Crippen molar-refractivity contribution < 1.29 is 9.59 Å². The Hall–Kier alpha value is -0.860. The highest BCUT2D eigenvalue weighted by Crippen LogP contribution is 2.53. The Kier molecular flexibility index (Phi) is 2.13. The van der Waals surface area contributed by atoms with Gasteiger partial charge in [0, 0.05) is 6.04 Å². The van der Waals surface area contributed by atoms with Crippen molar-refractivity contribution in [3.63, 3.8) is 0 Å². The van der Waals surface area contributed by atoms with Crippen LogP contribution in [0.5, 0.6) is 0 Å². The fourth-order valence-corrected chi connectivity index (χ4v) is 4.10. The van der Waals surface area contributed by atoms with Crippen LogP contribution in [0, 0.1) is 23.7 Å². The van der Waals surface area contributed by atoms with Crippen LogP contribution in [0.1, 0.15) is 39.5 Å². The number of imide groups is 1. The summed E-state index contributed by atoms with van der Waals surface area (Å²) < 4.78 is 0. The molecule has 3 heteroatoms. The first kappa shape index (κ1) is 10.3. The summed E-state index contributed by atoms with van der Waals surface area (Å²) in [4.78, 5) is 26.1. The predicted octanol–water partition coefficient (Wildman–Crippen LogP) is 1.82. The van der Waals surface area contributed by atoms with E-state index >= 15 is 0 Å². The standard InChI is InChI=1S/C13H19NO2/c1-7(2)14-12(15)10-8-3-4-9(6-5-8)11(10)13(14)16/h7-11H,3-6H2,1-2H3. The number of nitrogens with zero attached hydrogens (tertiary/aromatic N) is 1. The second-order valence-corrected chi connectivity index (χ2v) is 5.87. The van der Waals surface area contributed by atoms with Gasteiger partial charge in [0.05, 0.1) is 11.8 Å². The Bertz CT molecular complexity index is 312. The fraction of sp³-hybridized carbons (Fsp3) is 0.846. The van der Waals surface area contributed by atoms with Crippen LogP contribution in [0.4, 0.5) is 0 Å². The van der Waals surface area contributed by atoms with Gasteiger partial charge in [0.25, 0.3) is 0 Å². The molecule has 0 N–H and O–H groups in total. The molecular weight excluding hydrogens is 202 g/mol. The Balaban J connectivity index is 1.98. The number of rotatable bonds is 1. The van der Waals surface area contributed by atoms with E-state index in [9.17, 15) is 9.59 Å². The van der Waals surface area contributed by atoms with Gasteiger partial charge in [-0.25, -0.2) is 0 Å². The molecule has 3 aliphatic carbocycles. The summed E-state index contributed by atoms with van der Waals surface area (Å²) in [5.41, 5.74) is 0. The van der Waals surface area contributed by atoms with Gasteiger partial charge in [-0.2, -0.15) is 0 Å². The number of carbonyl (C=O) groups excluding carboxylic acids is 2. The molecule has 1 heterocycles. The van der Waals surface area contributed by atoms with Gasteiger partial charge < -0.3 is 0 Å². The smallest absolute Gasteiger partial charge is 0.233 e. The zero-order chi connectivity index (χ0) is 11.4. The molecule has 1 aliphatic heterocycles. The maximum atomic E-state index is 12.3. The molecule has 2 unspecified atom stereocenters. The van der Waals surface area contributed by atoms with E-state index in [2.05, 4.69) is 0 Å². The summed E-state index contributed by atoms with van der Waals surface area (Å²) in [5.74, 6) is 1.33. The fourth-order valence-electron chi connectivity index (χ4n) is 4.10. The lowest BCUT2D eigenvalue weighted by atomic mass is 9.59. The van der Waals surface area contributed by atoms with Crippen LogP contribution in [0.3, 0.4) is 0 Å². The number of hydrogen-bond acceptors (Lipinski definition) is 2. The van der Waals surface area contributed by atoms with Crippen molar-refractivity contribution in [2.75, 3.05) is 0 Å². The van der Waals surface area contributed by atoms with Crippen LogP contribution in [0.2, 0.25) is 0 Å². The maximum absolute atomic E-state index is 12.3. The lowest BCUT2D eigenvalue weighted by Gasteiger charge is -2.42. The molecule has 88 valence electrons. The lowest BCUT2D eigenvalue weighted by molar-refractivity contribution is -0.142. The molecular formula is C13H19NO2. The largest absolute Gasteiger partial charge is 0.280 e. The van der Waals surface area contributed by atoms with Gasteiger partial charge in [-0.05, 0) is 51.4 Å². The molecule has 4 aliphatic rings. The van der Waals surface area contributed by atoms with Gasteiger partial charge in [-0.1, -0.05) is 0 Å². The monoisotopic (exact) mass is 221 g/mol. The van der Waals surface area contributed by atoms with E-state index in [1.54, 1.807) is 0 Å². The number of carbonyl (C=O) groups is 2. The van der Waals surface area contributed by atoms with E-state index < -0.39 is 0 Å². The highest BCUT2D eigenvalue weighted by atomic mass is 16.2. The van der Waals surface area contributed by atoms with Crippen molar-refractivity contribution in [1.82, 2.24) is 4.90 Å². The van der Waals surface area contributed by atoms with Crippen molar-refractivity contribution >= 4 is 11.8 Å². The van der Waals surface area contributed by atoms with Gasteiger partial charge in [0.1, 0.15) is 0 Å². The third-order valence-electron chi connectivity index (χ3n) is 4.78. The second kappa shape index (κ2) is 3.31. The van der Waals surface area contributed by atoms with E-state index in [1.807, 2.05) is 13.8 Å². The molecule has 2 atom stereocenters. The number of fused-ring (bicyclic) bond motifs is 2. The molecule has 16 heavy (non-hydrogen) atoms. The van der Waals surface area contributed by atoms with Gasteiger partial charge in [0.15, 0.2) is 0 Å². The number of hydrogen-bond donors (Lipinski definition) is 0. The first-order valence-electron chi connectivity index (χ1n) is 6.48. The Morgan fingerprint density at radius 3 is 1.62 bits per heavy atom. The second-order valence-electron chi connectivity index (χ2n) is 5.87. The van der Waals surface area contributed by atoms with Crippen molar-refractivity contribution in [2.45, 2.75) is 45.6 Å². The van der Waals surface area contributed by atoms with Gasteiger partial charge in [0.2, 0.25) is 11.8 Å². The highest BCUT2D eigenvalue weighted by molar-refractivity contribution is 6.06. The summed E-state index contributed by atoms with van der Waals surface area (Å²) in [7, 11) is 0. The molecule has 4 rings (SSSR count). The summed E-state index contributed by atoms with van der Waals surface area (Å²) in [6, 6.07) is 0.0324. The SMILES string of the molecule is CC(C)N1C(=O)C2C3CCC(CC3)C2C1=O. The molecule has 0 aromatic carbocycles. The van der Waals surface area contributed by atoms with Gasteiger partial charge >= 0.3 is 0 Å². The zero-order valence-electron chi connectivity index (χ0n) is 9.98. The highest BCUT2D eigenvalue weighted by Gasteiger charge is 2.58. The Morgan fingerprint density at radius 1 is 0.938 bits per heavy atom. The van der Waals surface area contributed by atoms with E-state index in [0.29, 0.717) is 11.8 Å². The molecule has 0 aromatic heterocycles. The molecule has 0 spiro atoms. The van der Waals surface area contributed by atoms with E-state index in [0.717, 1.165) is 25.7 Å². The molecule has 0 radical (unpaired) electrons. The van der Waals surface area contributed by atoms with Gasteiger partial charge in [-0.3, -0.25) is 14.5 Å². The van der Waals surface area contributed by atoms with Crippen molar-refractivity contribution in [3.05, 3.63) is 0 Å². The number of amides is 2. The lowest BCUT2D eigenvalue weighted by Crippen LogP contribution is -2.41. The minimum atomic E-state index is 0.0324. The third kappa shape index (κ3) is 1.14. The van der Waals surface area contributed by atoms with Crippen LogP contribution in [0.15, 0.2) is 0 Å². The average molecular weight is 221 g/mol. The molecule has 1 saturated heterocycles. The quantitative estimate of drug-likeness (QED) is 0.633. The van der Waals surface area contributed by atoms with Crippen LogP contribution < -0.4 is 0 Å². The predicted molar refractivity (Wildman–Crippen MR) is 59.4 cm³/mol. The van der Waals surface area contributed by atoms with Crippen molar-refractivity contribution in [2.24, 2.45) is 23.7 Å². The minimum absolute atomic E-state index is 0.0324. The van der Waals surface area contributed by atoms with E-state index in [1.165, 1.54) is 4.90 Å². The summed E-state index contributed by atoms with van der Waals surface area (Å²) in [6.07, 6.45) is 4.65. The zero-order valence-corrected chi connectivity index (χ0v) is 9.98. The summed E-state index contributed by atoms with van der Waals surface area (Å²) in [5, 5.41) is 0. The first-order valence-corrected chi connectivity index (χ1v) is 6.48. The minimum Gasteiger partial charge on any atom is -0.280 e. The molecule has 3 nitrogen and oxygen atoms in total. The summed E-state index contributed by atoms with van der Waals surface area (Å²) in [6.45, 7) is 3.88. The Labute approximate surface area is 96.2 Å². The van der Waals surface area contributed by atoms with Crippen molar-refractivity contribution in [1.29, 1.82) is 0 Å².